The van der Waals surface area contributed by atoms with Crippen LogP contribution in [0.5, 0.6) is 0 Å². The zero-order valence-electron chi connectivity index (χ0n) is 16.3. The second-order valence-electron chi connectivity index (χ2n) is 6.78. The molecule has 4 rings (SSSR count). The van der Waals surface area contributed by atoms with Crippen LogP contribution in [0.1, 0.15) is 11.1 Å². The van der Waals surface area contributed by atoms with Gasteiger partial charge in [-0.2, -0.15) is 0 Å². The van der Waals surface area contributed by atoms with Crippen molar-refractivity contribution < 1.29 is 17.0 Å². The van der Waals surface area contributed by atoms with Crippen molar-refractivity contribution in [2.24, 2.45) is 0 Å². The normalized spacial score (nSPS) is 10.4. The first-order valence-corrected chi connectivity index (χ1v) is 11.2. The highest BCUT2D eigenvalue weighted by atomic mass is 79.9. The fourth-order valence-corrected chi connectivity index (χ4v) is 6.90. The maximum absolute atomic E-state index is 3.79. The van der Waals surface area contributed by atoms with Gasteiger partial charge in [0.1, 0.15) is 15.9 Å². The molecule has 0 unspecified atom stereocenters. The summed E-state index contributed by atoms with van der Waals surface area (Å²) in [7, 11) is -2.09. The van der Waals surface area contributed by atoms with E-state index in [4.69, 9.17) is 0 Å². The molecule has 0 radical (unpaired) electrons. The minimum atomic E-state index is -2.09. The first-order valence-electron chi connectivity index (χ1n) is 9.45. The molecule has 29 heavy (non-hydrogen) atoms. The van der Waals surface area contributed by atoms with Gasteiger partial charge in [-0.15, -0.1) is 0 Å². The molecule has 4 aromatic carbocycles. The van der Waals surface area contributed by atoms with Crippen LogP contribution in [-0.4, -0.2) is 0 Å². The summed E-state index contributed by atoms with van der Waals surface area (Å²) in [6.07, 6.45) is 0. The smallest absolute Gasteiger partial charge is 0.189 e. The van der Waals surface area contributed by atoms with Gasteiger partial charge in [0, 0.05) is 5.56 Å². The number of aryl methyl sites for hydroxylation is 1. The number of rotatable bonds is 3. The van der Waals surface area contributed by atoms with Crippen LogP contribution >= 0.6 is 7.26 Å². The van der Waals surface area contributed by atoms with Gasteiger partial charge < -0.3 is 17.0 Å². The first kappa shape index (κ1) is 21.1. The Hall–Kier alpha value is -2.65. The van der Waals surface area contributed by atoms with Crippen molar-refractivity contribution >= 4 is 23.2 Å². The summed E-state index contributed by atoms with van der Waals surface area (Å²) in [6.45, 7) is 2.11. The molecule has 0 bridgehead atoms. The average Bonchev–Trinajstić information content (AvgIpc) is 2.77. The topological polar surface area (TPSA) is 0 Å². The zero-order valence-corrected chi connectivity index (χ0v) is 18.8. The number of hydrogen-bond donors (Lipinski definition) is 0. The quantitative estimate of drug-likeness (QED) is 0.327. The van der Waals surface area contributed by atoms with Gasteiger partial charge in [0.15, 0.2) is 7.26 Å². The van der Waals surface area contributed by atoms with E-state index >= 15 is 0 Å². The summed E-state index contributed by atoms with van der Waals surface area (Å²) in [4.78, 5) is 0. The van der Waals surface area contributed by atoms with Crippen LogP contribution in [-0.2, 0) is 0 Å². The first-order chi connectivity index (χ1) is 13.8. The lowest BCUT2D eigenvalue weighted by atomic mass is 10.1. The summed E-state index contributed by atoms with van der Waals surface area (Å²) in [5, 5.41) is 3.85. The standard InChI is InChI=1S/C27H22P.BrH/c1-23-12-11-13-24(22-23)20-21-28(25-14-5-2-6-15-25,26-16-7-3-8-17-26)27-18-9-4-10-19-27;/h2-19,22H,1H3;1H/q+1;/p-1. The Morgan fingerprint density at radius 2 is 1.00 bits per heavy atom. The molecule has 0 amide bonds. The Bertz CT molecular complexity index is 1010. The summed E-state index contributed by atoms with van der Waals surface area (Å²) in [5.41, 5.74) is 6.08. The van der Waals surface area contributed by atoms with Crippen LogP contribution in [0, 0.1) is 18.5 Å². The van der Waals surface area contributed by atoms with Crippen molar-refractivity contribution in [1.82, 2.24) is 0 Å². The summed E-state index contributed by atoms with van der Waals surface area (Å²) >= 11 is 0. The van der Waals surface area contributed by atoms with Crippen LogP contribution in [0.3, 0.4) is 0 Å². The number of benzene rings is 4. The van der Waals surface area contributed by atoms with Crippen LogP contribution in [0.15, 0.2) is 115 Å². The molecule has 0 aromatic heterocycles. The molecule has 0 spiro atoms. The van der Waals surface area contributed by atoms with Crippen molar-refractivity contribution in [3.8, 4) is 11.6 Å². The molecule has 0 aliphatic carbocycles. The monoisotopic (exact) mass is 456 g/mol. The van der Waals surface area contributed by atoms with E-state index in [9.17, 15) is 0 Å². The highest BCUT2D eigenvalue weighted by Gasteiger charge is 2.44. The van der Waals surface area contributed by atoms with Crippen LogP contribution < -0.4 is 32.9 Å². The molecule has 4 aromatic rings. The van der Waals surface area contributed by atoms with Crippen molar-refractivity contribution in [2.75, 3.05) is 0 Å². The summed E-state index contributed by atoms with van der Waals surface area (Å²) in [6, 6.07) is 40.7. The Kier molecular flexibility index (Phi) is 7.05. The molecular formula is C27H22BrP. The number of hydrogen-bond acceptors (Lipinski definition) is 0. The van der Waals surface area contributed by atoms with Crippen molar-refractivity contribution in [1.29, 1.82) is 0 Å². The van der Waals surface area contributed by atoms with E-state index < -0.39 is 7.26 Å². The Balaban J connectivity index is 0.00000240. The van der Waals surface area contributed by atoms with E-state index in [1.54, 1.807) is 0 Å². The molecule has 0 atom stereocenters. The SMILES string of the molecule is Cc1cccc(C#C[P+](c2ccccc2)(c2ccccc2)c2ccccc2)c1.[Br-]. The highest BCUT2D eigenvalue weighted by Crippen LogP contribution is 2.54. The molecule has 2 heteroatoms. The molecule has 0 aliphatic rings. The lowest BCUT2D eigenvalue weighted by Gasteiger charge is -2.21. The maximum Gasteiger partial charge on any atom is 0.189 e. The van der Waals surface area contributed by atoms with Crippen LogP contribution in [0.2, 0.25) is 0 Å². The molecule has 0 heterocycles. The zero-order chi connectivity index (χ0) is 19.2. The van der Waals surface area contributed by atoms with Crippen molar-refractivity contribution in [3.63, 3.8) is 0 Å². The average molecular weight is 457 g/mol. The Labute approximate surface area is 184 Å². The van der Waals surface area contributed by atoms with Crippen LogP contribution in [0.4, 0.5) is 0 Å². The molecule has 0 saturated heterocycles. The van der Waals surface area contributed by atoms with E-state index in [1.807, 2.05) is 0 Å². The predicted octanol–water partition coefficient (Wildman–Crippen LogP) is 2.30. The summed E-state index contributed by atoms with van der Waals surface area (Å²) in [5.74, 6) is 3.52. The molecule has 142 valence electrons. The van der Waals surface area contributed by atoms with E-state index in [0.717, 1.165) is 5.56 Å². The molecule has 0 fully saturated rings. The lowest BCUT2D eigenvalue weighted by molar-refractivity contribution is -0.00000542. The van der Waals surface area contributed by atoms with Crippen molar-refractivity contribution in [2.45, 2.75) is 6.92 Å². The largest absolute Gasteiger partial charge is 1.00 e. The molecule has 0 aliphatic heterocycles. The predicted molar refractivity (Wildman–Crippen MR) is 123 cm³/mol. The van der Waals surface area contributed by atoms with Gasteiger partial charge in [-0.05, 0) is 66.9 Å². The van der Waals surface area contributed by atoms with E-state index in [0.29, 0.717) is 0 Å². The molecular weight excluding hydrogens is 435 g/mol. The van der Waals surface area contributed by atoms with Gasteiger partial charge in [-0.3, -0.25) is 0 Å². The summed E-state index contributed by atoms with van der Waals surface area (Å²) < 4.78 is 0. The van der Waals surface area contributed by atoms with Gasteiger partial charge in [0.05, 0.1) is 5.66 Å². The highest BCUT2D eigenvalue weighted by molar-refractivity contribution is 7.99. The second kappa shape index (κ2) is 9.71. The fraction of sp³-hybridized carbons (Fsp3) is 0.0370. The van der Waals surface area contributed by atoms with Gasteiger partial charge >= 0.3 is 0 Å². The minimum absolute atomic E-state index is 0. The van der Waals surface area contributed by atoms with E-state index in [-0.39, 0.29) is 17.0 Å². The third-order valence-electron chi connectivity index (χ3n) is 4.82. The molecule has 0 N–H and O–H groups in total. The lowest BCUT2D eigenvalue weighted by Crippen LogP contribution is -3.00. The van der Waals surface area contributed by atoms with Crippen LogP contribution in [0.25, 0.3) is 0 Å². The fourth-order valence-electron chi connectivity index (χ4n) is 3.47. The van der Waals surface area contributed by atoms with E-state index in [1.165, 1.54) is 21.5 Å². The third-order valence-corrected chi connectivity index (χ3v) is 8.48. The van der Waals surface area contributed by atoms with Gasteiger partial charge in [-0.1, -0.05) is 66.7 Å². The van der Waals surface area contributed by atoms with Gasteiger partial charge in [0.2, 0.25) is 0 Å². The van der Waals surface area contributed by atoms with Crippen molar-refractivity contribution in [3.05, 3.63) is 126 Å². The Morgan fingerprint density at radius 3 is 1.41 bits per heavy atom. The van der Waals surface area contributed by atoms with Gasteiger partial charge in [0.25, 0.3) is 0 Å². The Morgan fingerprint density at radius 1 is 0.552 bits per heavy atom. The molecule has 0 nitrogen and oxygen atoms in total. The van der Waals surface area contributed by atoms with E-state index in [2.05, 4.69) is 134 Å². The third kappa shape index (κ3) is 4.51. The molecule has 0 saturated carbocycles. The minimum Gasteiger partial charge on any atom is -1.00 e. The number of halogens is 1. The maximum atomic E-state index is 3.79. The van der Waals surface area contributed by atoms with Gasteiger partial charge in [-0.25, -0.2) is 0 Å². The second-order valence-corrected chi connectivity index (χ2v) is 9.90.